The molecule has 0 amide bonds. The van der Waals surface area contributed by atoms with E-state index in [1.807, 2.05) is 0 Å². The number of nitrogens with one attached hydrogen (secondary N) is 1. The Morgan fingerprint density at radius 2 is 2.00 bits per heavy atom. The van der Waals surface area contributed by atoms with Crippen LogP contribution in [0.1, 0.15) is 70.8 Å². The van der Waals surface area contributed by atoms with Gasteiger partial charge in [0.15, 0.2) is 23.0 Å². The fourth-order valence-corrected chi connectivity index (χ4v) is 5.44. The van der Waals surface area contributed by atoms with Crippen molar-refractivity contribution in [3.8, 4) is 0 Å². The standard InChI is InChI=1S/C19H35ClN5O7P/c1-5-18(4,32-33(29,30)19(28,6-2)7-3)8-9-31-16(12(27)10-26)25-11-22-13-14(20)23-17(21)24-15(13)25/h11-12,14,16,26-28H,5-10H2,1-4H3,(H,29,30)(H3,21,23,24)/t12-,14?,16-,18?/m1/s1. The third kappa shape index (κ3) is 6.07. The number of halogens is 1. The molecule has 190 valence electrons. The lowest BCUT2D eigenvalue weighted by atomic mass is 10.0. The van der Waals surface area contributed by atoms with E-state index >= 15 is 0 Å². The smallest absolute Gasteiger partial charge is 0.359 e. The monoisotopic (exact) mass is 511 g/mol. The van der Waals surface area contributed by atoms with Crippen molar-refractivity contribution in [2.75, 3.05) is 18.5 Å². The Morgan fingerprint density at radius 1 is 1.36 bits per heavy atom. The molecule has 14 heteroatoms. The Balaban J connectivity index is 2.17. The first-order chi connectivity index (χ1) is 15.4. The molecule has 5 atom stereocenters. The van der Waals surface area contributed by atoms with Gasteiger partial charge in [0.2, 0.25) is 0 Å². The Kier molecular flexibility index (Phi) is 9.34. The minimum Gasteiger partial charge on any atom is -0.394 e. The summed E-state index contributed by atoms with van der Waals surface area (Å²) >= 11 is 6.16. The third-order valence-corrected chi connectivity index (χ3v) is 8.68. The maximum absolute atomic E-state index is 12.8. The number of alkyl halides is 1. The number of aliphatic imine (C=N–C) groups is 1. The van der Waals surface area contributed by atoms with Crippen LogP contribution in [0.5, 0.6) is 0 Å². The molecule has 1 aliphatic rings. The number of guanidine groups is 1. The quantitative estimate of drug-likeness (QED) is 0.130. The van der Waals surface area contributed by atoms with Crippen LogP contribution >= 0.6 is 19.2 Å². The van der Waals surface area contributed by atoms with E-state index in [0.29, 0.717) is 17.9 Å². The number of aromatic nitrogens is 2. The number of nitrogens with zero attached hydrogens (tertiary/aromatic N) is 3. The largest absolute Gasteiger partial charge is 0.394 e. The zero-order valence-corrected chi connectivity index (χ0v) is 21.0. The topological polar surface area (TPSA) is 185 Å². The second-order valence-corrected chi connectivity index (χ2v) is 10.7. The molecule has 0 bridgehead atoms. The molecule has 1 aromatic heterocycles. The zero-order valence-electron chi connectivity index (χ0n) is 19.3. The van der Waals surface area contributed by atoms with E-state index in [1.54, 1.807) is 27.7 Å². The molecule has 0 radical (unpaired) electrons. The van der Waals surface area contributed by atoms with Crippen molar-refractivity contribution in [2.24, 2.45) is 10.7 Å². The average molecular weight is 512 g/mol. The summed E-state index contributed by atoms with van der Waals surface area (Å²) in [6.45, 7) is 6.06. The molecule has 7 N–H and O–H groups in total. The van der Waals surface area contributed by atoms with Gasteiger partial charge in [-0.25, -0.2) is 9.98 Å². The maximum atomic E-state index is 12.8. The number of ether oxygens (including phenoxy) is 1. The Bertz CT molecular complexity index is 881. The van der Waals surface area contributed by atoms with Crippen LogP contribution in [0, 0.1) is 0 Å². The fourth-order valence-electron chi connectivity index (χ4n) is 3.39. The van der Waals surface area contributed by atoms with Crippen molar-refractivity contribution in [1.29, 1.82) is 0 Å². The fraction of sp³-hybridized carbons (Fsp3) is 0.789. The van der Waals surface area contributed by atoms with Crippen LogP contribution in [0.3, 0.4) is 0 Å². The first kappa shape index (κ1) is 28.0. The van der Waals surface area contributed by atoms with Gasteiger partial charge < -0.3 is 40.5 Å². The number of aliphatic hydroxyl groups is 3. The maximum Gasteiger partial charge on any atom is 0.359 e. The van der Waals surface area contributed by atoms with Gasteiger partial charge in [0.25, 0.3) is 0 Å². The highest BCUT2D eigenvalue weighted by Crippen LogP contribution is 2.60. The first-order valence-corrected chi connectivity index (χ1v) is 12.9. The van der Waals surface area contributed by atoms with Crippen molar-refractivity contribution >= 4 is 31.0 Å². The van der Waals surface area contributed by atoms with Gasteiger partial charge in [-0.2, -0.15) is 0 Å². The van der Waals surface area contributed by atoms with Crippen molar-refractivity contribution in [3.63, 3.8) is 0 Å². The molecule has 12 nitrogen and oxygen atoms in total. The van der Waals surface area contributed by atoms with Gasteiger partial charge in [0.05, 0.1) is 25.1 Å². The van der Waals surface area contributed by atoms with Crippen LogP contribution in [-0.4, -0.2) is 66.0 Å². The number of aliphatic hydroxyl groups excluding tert-OH is 2. The molecular weight excluding hydrogens is 477 g/mol. The SMILES string of the molecule is CCC(C)(CCO[C@H]([C@H](O)CO)n1cnc2c1NC(N)=NC2Cl)OP(=O)(O)C(O)(CC)CC. The predicted molar refractivity (Wildman–Crippen MR) is 124 cm³/mol. The van der Waals surface area contributed by atoms with Gasteiger partial charge in [-0.05, 0) is 26.2 Å². The molecule has 0 aromatic carbocycles. The summed E-state index contributed by atoms with van der Waals surface area (Å²) in [7, 11) is -4.38. The van der Waals surface area contributed by atoms with Crippen LogP contribution in [0.15, 0.2) is 11.3 Å². The number of anilines is 1. The summed E-state index contributed by atoms with van der Waals surface area (Å²) in [5.74, 6) is 0.428. The molecule has 3 unspecified atom stereocenters. The molecule has 2 rings (SSSR count). The summed E-state index contributed by atoms with van der Waals surface area (Å²) in [5, 5.41) is 31.4. The zero-order chi connectivity index (χ0) is 25.0. The molecule has 33 heavy (non-hydrogen) atoms. The lowest BCUT2D eigenvalue weighted by molar-refractivity contribution is -0.108. The summed E-state index contributed by atoms with van der Waals surface area (Å²) in [4.78, 5) is 18.6. The van der Waals surface area contributed by atoms with Crippen LogP contribution in [0.25, 0.3) is 0 Å². The highest BCUT2D eigenvalue weighted by molar-refractivity contribution is 7.54. The normalized spacial score (nSPS) is 21.8. The van der Waals surface area contributed by atoms with E-state index in [2.05, 4.69) is 15.3 Å². The van der Waals surface area contributed by atoms with Crippen molar-refractivity contribution in [1.82, 2.24) is 9.55 Å². The van der Waals surface area contributed by atoms with Gasteiger partial charge >= 0.3 is 7.60 Å². The second-order valence-electron chi connectivity index (χ2n) is 8.23. The first-order valence-electron chi connectivity index (χ1n) is 10.8. The number of imidazole rings is 1. The van der Waals surface area contributed by atoms with E-state index < -0.39 is 43.0 Å². The van der Waals surface area contributed by atoms with Gasteiger partial charge in [-0.15, -0.1) is 0 Å². The summed E-state index contributed by atoms with van der Waals surface area (Å²) in [6.07, 6.45) is -0.361. The van der Waals surface area contributed by atoms with Crippen LogP contribution in [0.2, 0.25) is 0 Å². The summed E-state index contributed by atoms with van der Waals surface area (Å²) in [5.41, 5.74) is 4.21. The summed E-state index contributed by atoms with van der Waals surface area (Å²) < 4.78 is 25.7. The van der Waals surface area contributed by atoms with Gasteiger partial charge in [-0.3, -0.25) is 9.13 Å². The van der Waals surface area contributed by atoms with Crippen molar-refractivity contribution in [2.45, 2.75) is 82.2 Å². The van der Waals surface area contributed by atoms with Crippen LogP contribution in [0.4, 0.5) is 5.82 Å². The predicted octanol–water partition coefficient (Wildman–Crippen LogP) is 2.00. The Hall–Kier alpha value is -1.24. The molecule has 2 heterocycles. The second kappa shape index (κ2) is 11.0. The highest BCUT2D eigenvalue weighted by Gasteiger charge is 2.48. The number of hydrogen-bond acceptors (Lipinski definition) is 10. The van der Waals surface area contributed by atoms with E-state index in [0.717, 1.165) is 0 Å². The number of fused-ring (bicyclic) bond motifs is 1. The molecular formula is C19H35ClN5O7P. The minimum absolute atomic E-state index is 0.0103. The van der Waals surface area contributed by atoms with E-state index in [9.17, 15) is 24.8 Å². The number of hydrogen-bond donors (Lipinski definition) is 6. The van der Waals surface area contributed by atoms with Crippen molar-refractivity contribution in [3.05, 3.63) is 12.0 Å². The molecule has 0 fully saturated rings. The van der Waals surface area contributed by atoms with Crippen LogP contribution in [-0.2, 0) is 13.8 Å². The molecule has 0 saturated heterocycles. The molecule has 0 spiro atoms. The molecule has 0 saturated carbocycles. The van der Waals surface area contributed by atoms with Gasteiger partial charge in [0, 0.05) is 6.42 Å². The average Bonchev–Trinajstić information content (AvgIpc) is 3.18. The van der Waals surface area contributed by atoms with E-state index in [4.69, 9.17) is 26.6 Å². The highest BCUT2D eigenvalue weighted by atomic mass is 35.5. The lowest BCUT2D eigenvalue weighted by Crippen LogP contribution is -2.37. The molecule has 1 aromatic rings. The van der Waals surface area contributed by atoms with E-state index in [-0.39, 0.29) is 31.8 Å². The minimum atomic E-state index is -4.38. The van der Waals surface area contributed by atoms with Gasteiger partial charge in [0.1, 0.15) is 17.6 Å². The number of rotatable bonds is 13. The Morgan fingerprint density at radius 3 is 2.55 bits per heavy atom. The Labute approximate surface area is 198 Å². The van der Waals surface area contributed by atoms with E-state index in [1.165, 1.54) is 10.9 Å². The lowest BCUT2D eigenvalue weighted by Gasteiger charge is -2.37. The molecule has 1 aliphatic heterocycles. The van der Waals surface area contributed by atoms with Crippen LogP contribution < -0.4 is 11.1 Å². The summed E-state index contributed by atoms with van der Waals surface area (Å²) in [6, 6.07) is 0. The molecule has 0 aliphatic carbocycles. The van der Waals surface area contributed by atoms with Gasteiger partial charge in [-0.1, -0.05) is 32.4 Å². The van der Waals surface area contributed by atoms with Crippen molar-refractivity contribution < 1.29 is 34.0 Å². The third-order valence-electron chi connectivity index (χ3n) is 6.01. The number of nitrogens with two attached hydrogens (primary N) is 1.